The molecule has 16 heavy (non-hydrogen) atoms. The van der Waals surface area contributed by atoms with Gasteiger partial charge >= 0.3 is 0 Å². The number of hydrogen-bond donors (Lipinski definition) is 0. The van der Waals surface area contributed by atoms with E-state index in [0.29, 0.717) is 6.61 Å². The summed E-state index contributed by atoms with van der Waals surface area (Å²) >= 11 is 0. The zero-order valence-corrected chi connectivity index (χ0v) is 9.60. The van der Waals surface area contributed by atoms with Crippen LogP contribution in [-0.4, -0.2) is 12.1 Å². The van der Waals surface area contributed by atoms with Crippen molar-refractivity contribution in [3.05, 3.63) is 53.9 Å². The van der Waals surface area contributed by atoms with Gasteiger partial charge in [0.1, 0.15) is 0 Å². The van der Waals surface area contributed by atoms with Gasteiger partial charge in [0.15, 0.2) is 0 Å². The van der Waals surface area contributed by atoms with Crippen LogP contribution in [-0.2, 0) is 11.3 Å². The fourth-order valence-corrected chi connectivity index (χ4v) is 1.57. The van der Waals surface area contributed by atoms with Gasteiger partial charge in [-0.15, -0.1) is 0 Å². The molecule has 0 saturated carbocycles. The smallest absolute Gasteiger partial charge is 0.0884 e. The van der Waals surface area contributed by atoms with Crippen LogP contribution in [0.2, 0.25) is 0 Å². The average Bonchev–Trinajstić information content (AvgIpc) is 2.32. The van der Waals surface area contributed by atoms with E-state index in [2.05, 4.69) is 42.2 Å². The first-order valence-corrected chi connectivity index (χ1v) is 5.30. The predicted octanol–water partition coefficient (Wildman–Crippen LogP) is 3.20. The average molecular weight is 213 g/mol. The van der Waals surface area contributed by atoms with Gasteiger partial charge < -0.3 is 4.74 Å². The second-order valence-electron chi connectivity index (χ2n) is 3.84. The summed E-state index contributed by atoms with van der Waals surface area (Å²) in [5, 5.41) is 0. The van der Waals surface area contributed by atoms with E-state index in [1.54, 1.807) is 7.11 Å². The van der Waals surface area contributed by atoms with E-state index in [1.165, 1.54) is 11.1 Å². The molecule has 1 heterocycles. The van der Waals surface area contributed by atoms with Crippen molar-refractivity contribution in [2.75, 3.05) is 7.11 Å². The van der Waals surface area contributed by atoms with Gasteiger partial charge in [0, 0.05) is 18.9 Å². The highest BCUT2D eigenvalue weighted by molar-refractivity contribution is 5.62. The molecular weight excluding hydrogens is 198 g/mol. The Morgan fingerprint density at radius 3 is 2.25 bits per heavy atom. The van der Waals surface area contributed by atoms with E-state index >= 15 is 0 Å². The summed E-state index contributed by atoms with van der Waals surface area (Å²) < 4.78 is 5.03. The minimum absolute atomic E-state index is 0.564. The third-order valence-corrected chi connectivity index (χ3v) is 2.50. The first-order chi connectivity index (χ1) is 7.79. The lowest BCUT2D eigenvalue weighted by Gasteiger charge is -2.03. The summed E-state index contributed by atoms with van der Waals surface area (Å²) in [5.41, 5.74) is 4.56. The van der Waals surface area contributed by atoms with Crippen LogP contribution in [0.5, 0.6) is 0 Å². The van der Waals surface area contributed by atoms with E-state index in [1.807, 2.05) is 12.3 Å². The van der Waals surface area contributed by atoms with Crippen molar-refractivity contribution in [3.8, 4) is 11.1 Å². The number of benzene rings is 1. The third-order valence-electron chi connectivity index (χ3n) is 2.50. The van der Waals surface area contributed by atoms with Gasteiger partial charge in [-0.2, -0.15) is 0 Å². The molecule has 0 aliphatic rings. The predicted molar refractivity (Wildman–Crippen MR) is 65.1 cm³/mol. The molecule has 2 rings (SSSR count). The summed E-state index contributed by atoms with van der Waals surface area (Å²) in [5.74, 6) is 0. The van der Waals surface area contributed by atoms with Crippen LogP contribution < -0.4 is 0 Å². The Hall–Kier alpha value is -1.67. The van der Waals surface area contributed by atoms with Crippen LogP contribution in [0.4, 0.5) is 0 Å². The molecule has 82 valence electrons. The van der Waals surface area contributed by atoms with Crippen LogP contribution >= 0.6 is 0 Å². The molecule has 0 fully saturated rings. The van der Waals surface area contributed by atoms with Gasteiger partial charge in [-0.1, -0.05) is 35.9 Å². The molecule has 0 aliphatic heterocycles. The number of pyridine rings is 1. The maximum absolute atomic E-state index is 5.03. The van der Waals surface area contributed by atoms with Crippen LogP contribution in [0.15, 0.2) is 42.6 Å². The molecule has 0 unspecified atom stereocenters. The van der Waals surface area contributed by atoms with Crippen LogP contribution in [0.25, 0.3) is 11.1 Å². The Balaban J connectivity index is 2.24. The highest BCUT2D eigenvalue weighted by Crippen LogP contribution is 2.18. The Kier molecular flexibility index (Phi) is 3.32. The fourth-order valence-electron chi connectivity index (χ4n) is 1.57. The molecule has 1 aromatic heterocycles. The zero-order valence-electron chi connectivity index (χ0n) is 9.60. The van der Waals surface area contributed by atoms with Gasteiger partial charge in [0.05, 0.1) is 12.3 Å². The lowest BCUT2D eigenvalue weighted by atomic mass is 10.1. The molecule has 0 atom stereocenters. The van der Waals surface area contributed by atoms with E-state index in [0.717, 1.165) is 11.3 Å². The number of methoxy groups -OCH3 is 1. The van der Waals surface area contributed by atoms with Gasteiger partial charge in [-0.05, 0) is 18.6 Å². The van der Waals surface area contributed by atoms with Crippen molar-refractivity contribution >= 4 is 0 Å². The molecule has 0 spiro atoms. The molecule has 0 amide bonds. The van der Waals surface area contributed by atoms with Crippen molar-refractivity contribution < 1.29 is 4.74 Å². The summed E-state index contributed by atoms with van der Waals surface area (Å²) in [4.78, 5) is 4.34. The second kappa shape index (κ2) is 4.90. The number of aromatic nitrogens is 1. The van der Waals surface area contributed by atoms with Crippen molar-refractivity contribution in [3.63, 3.8) is 0 Å². The summed E-state index contributed by atoms with van der Waals surface area (Å²) in [6.45, 7) is 2.65. The molecular formula is C14H15NO. The third kappa shape index (κ3) is 2.47. The fraction of sp³-hybridized carbons (Fsp3) is 0.214. The monoisotopic (exact) mass is 213 g/mol. The Morgan fingerprint density at radius 2 is 1.69 bits per heavy atom. The molecule has 0 saturated heterocycles. The second-order valence-corrected chi connectivity index (χ2v) is 3.84. The lowest BCUT2D eigenvalue weighted by molar-refractivity contribution is 0.181. The van der Waals surface area contributed by atoms with Crippen LogP contribution in [0, 0.1) is 6.92 Å². The number of rotatable bonds is 3. The number of ether oxygens (including phenoxy) is 1. The molecule has 0 N–H and O–H groups in total. The van der Waals surface area contributed by atoms with Gasteiger partial charge in [-0.25, -0.2) is 0 Å². The first-order valence-electron chi connectivity index (χ1n) is 5.30. The molecule has 2 heteroatoms. The molecule has 1 aromatic carbocycles. The van der Waals surface area contributed by atoms with E-state index < -0.39 is 0 Å². The Bertz CT molecular complexity index is 445. The lowest BCUT2D eigenvalue weighted by Crippen LogP contribution is -1.91. The van der Waals surface area contributed by atoms with Gasteiger partial charge in [0.2, 0.25) is 0 Å². The van der Waals surface area contributed by atoms with Crippen molar-refractivity contribution in [1.82, 2.24) is 4.98 Å². The molecule has 0 aliphatic carbocycles. The topological polar surface area (TPSA) is 22.1 Å². The van der Waals surface area contributed by atoms with E-state index in [9.17, 15) is 0 Å². The molecule has 0 radical (unpaired) electrons. The van der Waals surface area contributed by atoms with Crippen molar-refractivity contribution in [1.29, 1.82) is 0 Å². The van der Waals surface area contributed by atoms with E-state index in [-0.39, 0.29) is 0 Å². The summed E-state index contributed by atoms with van der Waals surface area (Å²) in [7, 11) is 1.68. The van der Waals surface area contributed by atoms with Crippen molar-refractivity contribution in [2.24, 2.45) is 0 Å². The van der Waals surface area contributed by atoms with E-state index in [4.69, 9.17) is 4.74 Å². The minimum Gasteiger partial charge on any atom is -0.378 e. The quantitative estimate of drug-likeness (QED) is 0.781. The molecule has 2 nitrogen and oxygen atoms in total. The maximum Gasteiger partial charge on any atom is 0.0884 e. The van der Waals surface area contributed by atoms with Gasteiger partial charge in [-0.3, -0.25) is 4.98 Å². The maximum atomic E-state index is 5.03. The SMILES string of the molecule is COCc1ccc(-c2ccc(C)cc2)cn1. The zero-order chi connectivity index (χ0) is 11.4. The first kappa shape index (κ1) is 10.8. The number of hydrogen-bond acceptors (Lipinski definition) is 2. The van der Waals surface area contributed by atoms with Gasteiger partial charge in [0.25, 0.3) is 0 Å². The summed E-state index contributed by atoms with van der Waals surface area (Å²) in [6.07, 6.45) is 1.89. The Labute approximate surface area is 95.9 Å². The Morgan fingerprint density at radius 1 is 1.00 bits per heavy atom. The normalized spacial score (nSPS) is 10.4. The number of nitrogens with zero attached hydrogens (tertiary/aromatic N) is 1. The molecule has 0 bridgehead atoms. The highest BCUT2D eigenvalue weighted by atomic mass is 16.5. The van der Waals surface area contributed by atoms with Crippen LogP contribution in [0.3, 0.4) is 0 Å². The largest absolute Gasteiger partial charge is 0.378 e. The van der Waals surface area contributed by atoms with Crippen molar-refractivity contribution in [2.45, 2.75) is 13.5 Å². The highest BCUT2D eigenvalue weighted by Gasteiger charge is 1.98. The number of aryl methyl sites for hydroxylation is 1. The van der Waals surface area contributed by atoms with Crippen LogP contribution in [0.1, 0.15) is 11.3 Å². The standard InChI is InChI=1S/C14H15NO/c1-11-3-5-12(6-4-11)13-7-8-14(10-16-2)15-9-13/h3-9H,10H2,1-2H3. The summed E-state index contributed by atoms with van der Waals surface area (Å²) in [6, 6.07) is 12.5. The minimum atomic E-state index is 0.564. The molecule has 2 aromatic rings.